The van der Waals surface area contributed by atoms with Gasteiger partial charge in [0, 0.05) is 24.2 Å². The summed E-state index contributed by atoms with van der Waals surface area (Å²) in [4.78, 5) is 4.35. The third-order valence-electron chi connectivity index (χ3n) is 3.01. The SMILES string of the molecule is NNC(CCOCC(F)F)c1cnc2ccccc2c1. The Bertz CT molecular complexity index is 551. The van der Waals surface area contributed by atoms with Crippen molar-refractivity contribution in [3.8, 4) is 0 Å². The smallest absolute Gasteiger partial charge is 0.261 e. The number of rotatable bonds is 7. The molecule has 20 heavy (non-hydrogen) atoms. The summed E-state index contributed by atoms with van der Waals surface area (Å²) in [5.41, 5.74) is 4.48. The molecular formula is C14H17F2N3O. The summed E-state index contributed by atoms with van der Waals surface area (Å²) in [7, 11) is 0. The van der Waals surface area contributed by atoms with Gasteiger partial charge < -0.3 is 4.74 Å². The van der Waals surface area contributed by atoms with Gasteiger partial charge in [0.15, 0.2) is 0 Å². The Morgan fingerprint density at radius 1 is 1.30 bits per heavy atom. The molecule has 1 unspecified atom stereocenters. The number of ether oxygens (including phenoxy) is 1. The highest BCUT2D eigenvalue weighted by atomic mass is 19.3. The Hall–Kier alpha value is -1.63. The first-order chi connectivity index (χ1) is 9.70. The van der Waals surface area contributed by atoms with E-state index in [0.29, 0.717) is 6.42 Å². The molecule has 3 N–H and O–H groups in total. The van der Waals surface area contributed by atoms with Crippen LogP contribution in [0.15, 0.2) is 36.5 Å². The summed E-state index contributed by atoms with van der Waals surface area (Å²) in [6.45, 7) is -0.334. The second-order valence-electron chi connectivity index (χ2n) is 4.44. The number of para-hydroxylation sites is 1. The molecule has 2 rings (SSSR count). The number of hydrogen-bond donors (Lipinski definition) is 2. The first kappa shape index (κ1) is 14.8. The highest BCUT2D eigenvalue weighted by molar-refractivity contribution is 5.78. The molecule has 0 saturated carbocycles. The van der Waals surface area contributed by atoms with Crippen LogP contribution in [0.25, 0.3) is 10.9 Å². The normalized spacial score (nSPS) is 13.0. The molecule has 0 aliphatic carbocycles. The van der Waals surface area contributed by atoms with Crippen LogP contribution in [-0.4, -0.2) is 24.6 Å². The second-order valence-corrected chi connectivity index (χ2v) is 4.44. The summed E-state index contributed by atoms with van der Waals surface area (Å²) in [5.74, 6) is 5.51. The van der Waals surface area contributed by atoms with E-state index in [1.54, 1.807) is 6.20 Å². The van der Waals surface area contributed by atoms with Crippen LogP contribution >= 0.6 is 0 Å². The standard InChI is InChI=1S/C14H17F2N3O/c15-14(16)9-20-6-5-13(19-17)11-7-10-3-1-2-4-12(10)18-8-11/h1-4,7-8,13-14,19H,5-6,9,17H2. The number of pyridine rings is 1. The Balaban J connectivity index is 2.01. The van der Waals surface area contributed by atoms with Crippen LogP contribution in [-0.2, 0) is 4.74 Å². The predicted octanol–water partition coefficient (Wildman–Crippen LogP) is 2.41. The average molecular weight is 281 g/mol. The molecule has 6 heteroatoms. The van der Waals surface area contributed by atoms with E-state index in [1.807, 2.05) is 30.3 Å². The minimum atomic E-state index is -2.44. The molecule has 4 nitrogen and oxygen atoms in total. The van der Waals surface area contributed by atoms with Crippen LogP contribution in [0.1, 0.15) is 18.0 Å². The zero-order chi connectivity index (χ0) is 14.4. The van der Waals surface area contributed by atoms with Crippen molar-refractivity contribution in [1.82, 2.24) is 10.4 Å². The number of halogens is 2. The van der Waals surface area contributed by atoms with Crippen molar-refractivity contribution in [2.24, 2.45) is 5.84 Å². The van der Waals surface area contributed by atoms with Crippen molar-refractivity contribution >= 4 is 10.9 Å². The predicted molar refractivity (Wildman–Crippen MR) is 73.2 cm³/mol. The minimum Gasteiger partial charge on any atom is -0.375 e. The van der Waals surface area contributed by atoms with Crippen LogP contribution in [0.4, 0.5) is 8.78 Å². The molecule has 108 valence electrons. The Morgan fingerprint density at radius 3 is 2.85 bits per heavy atom. The minimum absolute atomic E-state index is 0.176. The van der Waals surface area contributed by atoms with E-state index >= 15 is 0 Å². The number of aromatic nitrogens is 1. The van der Waals surface area contributed by atoms with E-state index in [2.05, 4.69) is 10.4 Å². The third kappa shape index (κ3) is 3.93. The maximum Gasteiger partial charge on any atom is 0.261 e. The molecule has 1 aromatic heterocycles. The van der Waals surface area contributed by atoms with Gasteiger partial charge in [-0.3, -0.25) is 16.3 Å². The topological polar surface area (TPSA) is 60.2 Å². The number of fused-ring (bicyclic) bond motifs is 1. The fourth-order valence-electron chi connectivity index (χ4n) is 2.00. The van der Waals surface area contributed by atoms with Crippen molar-refractivity contribution in [2.75, 3.05) is 13.2 Å². The fourth-order valence-corrected chi connectivity index (χ4v) is 2.00. The Morgan fingerprint density at radius 2 is 2.10 bits per heavy atom. The number of nitrogens with two attached hydrogens (primary N) is 1. The number of hydrazine groups is 1. The number of benzene rings is 1. The van der Waals surface area contributed by atoms with Gasteiger partial charge in [0.2, 0.25) is 0 Å². The molecule has 0 radical (unpaired) electrons. The molecule has 0 aliphatic rings. The van der Waals surface area contributed by atoms with Crippen molar-refractivity contribution in [3.63, 3.8) is 0 Å². The molecule has 0 bridgehead atoms. The van der Waals surface area contributed by atoms with Gasteiger partial charge in [-0.05, 0) is 24.1 Å². The molecule has 0 amide bonds. The number of nitrogens with one attached hydrogen (secondary N) is 1. The van der Waals surface area contributed by atoms with E-state index in [4.69, 9.17) is 10.6 Å². The van der Waals surface area contributed by atoms with Crippen LogP contribution in [0.3, 0.4) is 0 Å². The third-order valence-corrected chi connectivity index (χ3v) is 3.01. The summed E-state index contributed by atoms with van der Waals surface area (Å²) in [5, 5.41) is 1.01. The quantitative estimate of drug-likeness (QED) is 0.465. The number of nitrogens with zero attached hydrogens (tertiary/aromatic N) is 1. The van der Waals surface area contributed by atoms with E-state index in [0.717, 1.165) is 16.5 Å². The molecule has 0 fully saturated rings. The van der Waals surface area contributed by atoms with Crippen molar-refractivity contribution < 1.29 is 13.5 Å². The molecule has 0 aliphatic heterocycles. The summed E-state index contributed by atoms with van der Waals surface area (Å²) in [6.07, 6.45) is -0.204. The lowest BCUT2D eigenvalue weighted by molar-refractivity contribution is 0.0143. The summed E-state index contributed by atoms with van der Waals surface area (Å²) >= 11 is 0. The maximum absolute atomic E-state index is 12.0. The van der Waals surface area contributed by atoms with Gasteiger partial charge in [-0.25, -0.2) is 8.78 Å². The number of hydrogen-bond acceptors (Lipinski definition) is 4. The van der Waals surface area contributed by atoms with Crippen molar-refractivity contribution in [2.45, 2.75) is 18.9 Å². The molecule has 1 atom stereocenters. The largest absolute Gasteiger partial charge is 0.375 e. The molecular weight excluding hydrogens is 264 g/mol. The summed E-state index contributed by atoms with van der Waals surface area (Å²) < 4.78 is 28.8. The molecule has 0 spiro atoms. The van der Waals surface area contributed by atoms with E-state index in [-0.39, 0.29) is 12.6 Å². The fraction of sp³-hybridized carbons (Fsp3) is 0.357. The Labute approximate surface area is 115 Å². The van der Waals surface area contributed by atoms with Crippen molar-refractivity contribution in [1.29, 1.82) is 0 Å². The molecule has 1 heterocycles. The van der Waals surface area contributed by atoms with Gasteiger partial charge >= 0.3 is 0 Å². The highest BCUT2D eigenvalue weighted by Crippen LogP contribution is 2.20. The number of alkyl halides is 2. The summed E-state index contributed by atoms with van der Waals surface area (Å²) in [6, 6.07) is 9.56. The van der Waals surface area contributed by atoms with Gasteiger partial charge in [0.1, 0.15) is 6.61 Å². The van der Waals surface area contributed by atoms with Crippen molar-refractivity contribution in [3.05, 3.63) is 42.1 Å². The lowest BCUT2D eigenvalue weighted by Gasteiger charge is -2.16. The van der Waals surface area contributed by atoms with Crippen LogP contribution in [0.5, 0.6) is 0 Å². The average Bonchev–Trinajstić information content (AvgIpc) is 2.46. The van der Waals surface area contributed by atoms with Gasteiger partial charge in [-0.2, -0.15) is 0 Å². The highest BCUT2D eigenvalue weighted by Gasteiger charge is 2.11. The van der Waals surface area contributed by atoms with Crippen LogP contribution < -0.4 is 11.3 Å². The van der Waals surface area contributed by atoms with Gasteiger partial charge in [-0.15, -0.1) is 0 Å². The lowest BCUT2D eigenvalue weighted by Crippen LogP contribution is -2.29. The van der Waals surface area contributed by atoms with E-state index in [1.165, 1.54) is 0 Å². The van der Waals surface area contributed by atoms with E-state index in [9.17, 15) is 8.78 Å². The van der Waals surface area contributed by atoms with Gasteiger partial charge in [0.25, 0.3) is 6.43 Å². The monoisotopic (exact) mass is 281 g/mol. The maximum atomic E-state index is 12.0. The van der Waals surface area contributed by atoms with Gasteiger partial charge in [0.05, 0.1) is 5.52 Å². The zero-order valence-corrected chi connectivity index (χ0v) is 10.9. The molecule has 2 aromatic rings. The molecule has 1 aromatic carbocycles. The first-order valence-corrected chi connectivity index (χ1v) is 6.37. The first-order valence-electron chi connectivity index (χ1n) is 6.37. The zero-order valence-electron chi connectivity index (χ0n) is 10.9. The lowest BCUT2D eigenvalue weighted by atomic mass is 10.0. The second kappa shape index (κ2) is 7.23. The van der Waals surface area contributed by atoms with Gasteiger partial charge in [-0.1, -0.05) is 18.2 Å². The van der Waals surface area contributed by atoms with E-state index < -0.39 is 13.0 Å². The van der Waals surface area contributed by atoms with Crippen LogP contribution in [0, 0.1) is 0 Å². The van der Waals surface area contributed by atoms with Crippen LogP contribution in [0.2, 0.25) is 0 Å². The molecule has 0 saturated heterocycles. The Kier molecular flexibility index (Phi) is 5.34.